The average Bonchev–Trinajstić information content (AvgIpc) is 2.56. The van der Waals surface area contributed by atoms with Gasteiger partial charge in [-0.15, -0.1) is 0 Å². The molecule has 2 unspecified atom stereocenters. The third-order valence-electron chi connectivity index (χ3n) is 2.68. The molecule has 1 heterocycles. The largest absolute Gasteiger partial charge is 0.489 e. The molecule has 0 aliphatic carbocycles. The van der Waals surface area contributed by atoms with Crippen molar-refractivity contribution in [3.8, 4) is 5.75 Å². The van der Waals surface area contributed by atoms with E-state index in [0.29, 0.717) is 12.4 Å². The normalized spacial score (nSPS) is 23.1. The van der Waals surface area contributed by atoms with Crippen molar-refractivity contribution >= 4 is 6.02 Å². The maximum absolute atomic E-state index is 12.9. The van der Waals surface area contributed by atoms with Gasteiger partial charge in [0.05, 0.1) is 6.04 Å². The number of rotatable bonds is 3. The van der Waals surface area contributed by atoms with Crippen molar-refractivity contribution < 1.29 is 13.9 Å². The van der Waals surface area contributed by atoms with Crippen LogP contribution in [-0.4, -0.2) is 24.8 Å². The van der Waals surface area contributed by atoms with Gasteiger partial charge in [0.15, 0.2) is 6.10 Å². The molecule has 1 aliphatic heterocycles. The first-order valence-electron chi connectivity index (χ1n) is 5.45. The SMILES string of the molecule is Cc1cc(F)ccc1OCC1OC(N)=NC1C. The Bertz CT molecular complexity index is 448. The molecule has 0 radical (unpaired) electrons. The Morgan fingerprint density at radius 2 is 2.29 bits per heavy atom. The smallest absolute Gasteiger partial charge is 0.282 e. The highest BCUT2D eigenvalue weighted by molar-refractivity contribution is 5.73. The Labute approximate surface area is 99.2 Å². The van der Waals surface area contributed by atoms with Gasteiger partial charge in [-0.3, -0.25) is 0 Å². The Kier molecular flexibility index (Phi) is 3.17. The number of amidine groups is 1. The van der Waals surface area contributed by atoms with Crippen molar-refractivity contribution in [3.63, 3.8) is 0 Å². The van der Waals surface area contributed by atoms with E-state index < -0.39 is 0 Å². The highest BCUT2D eigenvalue weighted by atomic mass is 19.1. The molecule has 0 aromatic heterocycles. The van der Waals surface area contributed by atoms with Crippen LogP contribution < -0.4 is 10.5 Å². The summed E-state index contributed by atoms with van der Waals surface area (Å²) in [4.78, 5) is 4.05. The van der Waals surface area contributed by atoms with Gasteiger partial charge in [0, 0.05) is 0 Å². The summed E-state index contributed by atoms with van der Waals surface area (Å²) in [6.07, 6.45) is -0.181. The lowest BCUT2D eigenvalue weighted by Gasteiger charge is -2.16. The molecule has 0 amide bonds. The summed E-state index contributed by atoms with van der Waals surface area (Å²) in [5, 5.41) is 0. The van der Waals surface area contributed by atoms with Gasteiger partial charge in [-0.25, -0.2) is 9.38 Å². The molecule has 0 fully saturated rings. The molecule has 0 bridgehead atoms. The van der Waals surface area contributed by atoms with Gasteiger partial charge in [-0.1, -0.05) is 0 Å². The maximum Gasteiger partial charge on any atom is 0.282 e. The van der Waals surface area contributed by atoms with Crippen LogP contribution in [0.5, 0.6) is 5.75 Å². The fourth-order valence-electron chi connectivity index (χ4n) is 1.69. The predicted molar refractivity (Wildman–Crippen MR) is 62.6 cm³/mol. The maximum atomic E-state index is 12.9. The zero-order chi connectivity index (χ0) is 12.4. The van der Waals surface area contributed by atoms with Crippen LogP contribution in [0.25, 0.3) is 0 Å². The second kappa shape index (κ2) is 4.61. The first-order chi connectivity index (χ1) is 8.06. The quantitative estimate of drug-likeness (QED) is 0.870. The molecule has 0 saturated heterocycles. The van der Waals surface area contributed by atoms with Crippen LogP contribution in [0.3, 0.4) is 0 Å². The topological polar surface area (TPSA) is 56.8 Å². The van der Waals surface area contributed by atoms with E-state index in [4.69, 9.17) is 15.2 Å². The third-order valence-corrected chi connectivity index (χ3v) is 2.68. The zero-order valence-corrected chi connectivity index (χ0v) is 9.81. The summed E-state index contributed by atoms with van der Waals surface area (Å²) in [5.41, 5.74) is 6.21. The monoisotopic (exact) mass is 238 g/mol. The Hall–Kier alpha value is -1.78. The van der Waals surface area contributed by atoms with Crippen molar-refractivity contribution in [2.45, 2.75) is 26.0 Å². The zero-order valence-electron chi connectivity index (χ0n) is 9.81. The van der Waals surface area contributed by atoms with Crippen LogP contribution in [0.4, 0.5) is 4.39 Å². The first kappa shape index (κ1) is 11.7. The van der Waals surface area contributed by atoms with Gasteiger partial charge in [0.1, 0.15) is 18.2 Å². The fourth-order valence-corrected chi connectivity index (χ4v) is 1.69. The van der Waals surface area contributed by atoms with Crippen LogP contribution in [0.2, 0.25) is 0 Å². The number of ether oxygens (including phenoxy) is 2. The standard InChI is InChI=1S/C12H15FN2O2/c1-7-5-9(13)3-4-10(7)16-6-11-8(2)15-12(14)17-11/h3-5,8,11H,6H2,1-2H3,(H2,14,15). The molecule has 1 aromatic rings. The number of nitrogens with two attached hydrogens (primary N) is 1. The minimum absolute atomic E-state index is 0.0178. The van der Waals surface area contributed by atoms with Crippen LogP contribution in [0.1, 0.15) is 12.5 Å². The minimum atomic E-state index is -0.270. The average molecular weight is 238 g/mol. The van der Waals surface area contributed by atoms with Gasteiger partial charge in [0.2, 0.25) is 0 Å². The van der Waals surface area contributed by atoms with E-state index in [1.165, 1.54) is 12.1 Å². The Morgan fingerprint density at radius 3 is 2.88 bits per heavy atom. The summed E-state index contributed by atoms with van der Waals surface area (Å²) >= 11 is 0. The summed E-state index contributed by atoms with van der Waals surface area (Å²) in [7, 11) is 0. The molecule has 2 rings (SSSR count). The van der Waals surface area contributed by atoms with Crippen LogP contribution in [0.15, 0.2) is 23.2 Å². The van der Waals surface area contributed by atoms with E-state index in [1.807, 2.05) is 6.92 Å². The lowest BCUT2D eigenvalue weighted by Crippen LogP contribution is -2.28. The van der Waals surface area contributed by atoms with Crippen molar-refractivity contribution in [1.29, 1.82) is 0 Å². The van der Waals surface area contributed by atoms with Crippen molar-refractivity contribution in [1.82, 2.24) is 0 Å². The minimum Gasteiger partial charge on any atom is -0.489 e. The number of nitrogens with zero attached hydrogens (tertiary/aromatic N) is 1. The van der Waals surface area contributed by atoms with Gasteiger partial charge in [0.25, 0.3) is 6.02 Å². The van der Waals surface area contributed by atoms with Gasteiger partial charge >= 0.3 is 0 Å². The number of aryl methyl sites for hydroxylation is 1. The Morgan fingerprint density at radius 1 is 1.53 bits per heavy atom. The third kappa shape index (κ3) is 2.67. The highest BCUT2D eigenvalue weighted by Gasteiger charge is 2.26. The molecule has 0 spiro atoms. The summed E-state index contributed by atoms with van der Waals surface area (Å²) in [6, 6.07) is 4.58. The number of hydrogen-bond donors (Lipinski definition) is 1. The predicted octanol–water partition coefficient (Wildman–Crippen LogP) is 1.61. The van der Waals surface area contributed by atoms with Crippen LogP contribution in [0, 0.1) is 12.7 Å². The number of hydrogen-bond acceptors (Lipinski definition) is 4. The van der Waals surface area contributed by atoms with Crippen molar-refractivity contribution in [2.24, 2.45) is 10.7 Å². The number of benzene rings is 1. The van der Waals surface area contributed by atoms with E-state index in [-0.39, 0.29) is 24.0 Å². The lowest BCUT2D eigenvalue weighted by atomic mass is 10.2. The highest BCUT2D eigenvalue weighted by Crippen LogP contribution is 2.20. The second-order valence-electron chi connectivity index (χ2n) is 4.09. The van der Waals surface area contributed by atoms with Crippen LogP contribution in [-0.2, 0) is 4.74 Å². The molecule has 0 saturated carbocycles. The van der Waals surface area contributed by atoms with E-state index in [2.05, 4.69) is 4.99 Å². The molecule has 92 valence electrons. The Balaban J connectivity index is 1.95. The molecule has 1 aromatic carbocycles. The molecule has 4 nitrogen and oxygen atoms in total. The van der Waals surface area contributed by atoms with Crippen molar-refractivity contribution in [3.05, 3.63) is 29.6 Å². The van der Waals surface area contributed by atoms with E-state index in [9.17, 15) is 4.39 Å². The van der Waals surface area contributed by atoms with Gasteiger partial charge in [-0.2, -0.15) is 0 Å². The fraction of sp³-hybridized carbons (Fsp3) is 0.417. The molecule has 17 heavy (non-hydrogen) atoms. The lowest BCUT2D eigenvalue weighted by molar-refractivity contribution is 0.122. The van der Waals surface area contributed by atoms with E-state index in [1.54, 1.807) is 13.0 Å². The van der Waals surface area contributed by atoms with E-state index >= 15 is 0 Å². The second-order valence-corrected chi connectivity index (χ2v) is 4.09. The number of aliphatic imine (C=N–C) groups is 1. The molecule has 1 aliphatic rings. The number of halogens is 1. The van der Waals surface area contributed by atoms with Crippen molar-refractivity contribution in [2.75, 3.05) is 6.61 Å². The van der Waals surface area contributed by atoms with E-state index in [0.717, 1.165) is 5.56 Å². The van der Waals surface area contributed by atoms with Gasteiger partial charge in [-0.05, 0) is 37.6 Å². The summed E-state index contributed by atoms with van der Waals surface area (Å²) in [5.74, 6) is 0.376. The molecule has 2 N–H and O–H groups in total. The molecule has 5 heteroatoms. The van der Waals surface area contributed by atoms with Gasteiger partial charge < -0.3 is 15.2 Å². The van der Waals surface area contributed by atoms with Crippen LogP contribution >= 0.6 is 0 Å². The summed E-state index contributed by atoms with van der Waals surface area (Å²) < 4.78 is 23.7. The molecule has 2 atom stereocenters. The first-order valence-corrected chi connectivity index (χ1v) is 5.45. The molecular weight excluding hydrogens is 223 g/mol. The molecular formula is C12H15FN2O2. The summed E-state index contributed by atoms with van der Waals surface area (Å²) in [6.45, 7) is 4.05.